The van der Waals surface area contributed by atoms with E-state index in [-0.39, 0.29) is 101 Å². The molecule has 0 aliphatic carbocycles. The summed E-state index contributed by atoms with van der Waals surface area (Å²) in [6.07, 6.45) is 4.26. The molecule has 2 aromatic rings. The Morgan fingerprint density at radius 3 is 0.977 bits per heavy atom. The molecule has 10 atom stereocenters. The average Bonchev–Trinajstić information content (AvgIpc) is 2.86. The van der Waals surface area contributed by atoms with Crippen molar-refractivity contribution in [1.29, 1.82) is 0 Å². The first-order chi connectivity index (χ1) is 41.0. The molecule has 12 N–H and O–H groups in total. The highest BCUT2D eigenvalue weighted by atomic mass is 16.2. The van der Waals surface area contributed by atoms with Gasteiger partial charge in [0.1, 0.15) is 60.4 Å². The fraction of sp³-hybridized carbons (Fsp3) is 0.656. The van der Waals surface area contributed by atoms with Gasteiger partial charge in [0.2, 0.25) is 59.1 Å². The number of carbonyl (C=O) groups is 10. The molecule has 3 aliphatic rings. The number of hydrogen-bond donors (Lipinski definition) is 10. The second-order valence-corrected chi connectivity index (χ2v) is 25.3. The molecule has 0 bridgehead atoms. The summed E-state index contributed by atoms with van der Waals surface area (Å²) in [5.74, 6) is -6.74. The Kier molecular flexibility index (Phi) is 28.4. The molecule has 3 heterocycles. The third-order valence-electron chi connectivity index (χ3n) is 16.0. The van der Waals surface area contributed by atoms with Crippen LogP contribution in [0, 0.1) is 23.7 Å². The largest absolute Gasteiger partial charge is 0.343 e. The van der Waals surface area contributed by atoms with Crippen molar-refractivity contribution in [2.75, 3.05) is 26.2 Å². The molecule has 0 unspecified atom stereocenters. The molecule has 476 valence electrons. The third-order valence-corrected chi connectivity index (χ3v) is 16.0. The van der Waals surface area contributed by atoms with E-state index in [0.717, 1.165) is 0 Å². The van der Waals surface area contributed by atoms with Gasteiger partial charge in [-0.05, 0) is 138 Å². The van der Waals surface area contributed by atoms with Crippen LogP contribution < -0.4 is 54.0 Å². The van der Waals surface area contributed by atoms with Crippen LogP contribution in [0.1, 0.15) is 156 Å². The molecule has 0 radical (unpaired) electrons. The Bertz CT molecular complexity index is 2390. The summed E-state index contributed by atoms with van der Waals surface area (Å²) in [7, 11) is 0. The molecule has 3 aliphatic heterocycles. The quantitative estimate of drug-likeness (QED) is 0.0857. The van der Waals surface area contributed by atoms with Gasteiger partial charge in [0.05, 0.1) is 0 Å². The minimum atomic E-state index is -1.24. The van der Waals surface area contributed by atoms with Crippen LogP contribution in [0.25, 0.3) is 0 Å². The zero-order valence-corrected chi connectivity index (χ0v) is 52.1. The summed E-state index contributed by atoms with van der Waals surface area (Å²) < 4.78 is 0. The van der Waals surface area contributed by atoms with E-state index in [1.807, 2.05) is 67.5 Å². The molecule has 0 spiro atoms. The number of carbonyl (C=O) groups excluding carboxylic acids is 10. The summed E-state index contributed by atoms with van der Waals surface area (Å²) in [5.41, 5.74) is 13.2. The highest BCUT2D eigenvalue weighted by Crippen LogP contribution is 2.24. The van der Waals surface area contributed by atoms with Gasteiger partial charge in [-0.2, -0.15) is 0 Å². The molecule has 22 nitrogen and oxygen atoms in total. The summed E-state index contributed by atoms with van der Waals surface area (Å²) >= 11 is 0. The van der Waals surface area contributed by atoms with E-state index in [9.17, 15) is 47.9 Å². The molecular formula is C64H100N12O10. The number of amides is 10. The SMILES string of the molecule is CC(C)C[C@H]1NC(=O)[C@H](Cc2ccccc2)NC(=O)[C@@H]2CCCN2C(=O)[C@@H](CC(C)C)NC(=O)[C@@H](CCCCN)NC(=O)[C@@H](CC(C)C)NC(=O)[C@H](Cc2ccccc2)NC(=O)[C@@H]2CCCN2C(=O)[C@@H](CC(C)C)NC(=O)[C@@H](CCCCN)NC1=O. The Morgan fingerprint density at radius 2 is 0.651 bits per heavy atom. The van der Waals surface area contributed by atoms with Crippen LogP contribution in [0.5, 0.6) is 0 Å². The minimum absolute atomic E-state index is 0.0172. The van der Waals surface area contributed by atoms with E-state index in [0.29, 0.717) is 62.7 Å². The molecule has 86 heavy (non-hydrogen) atoms. The topological polar surface area (TPSA) is 325 Å². The Labute approximate surface area is 509 Å². The molecule has 0 saturated carbocycles. The van der Waals surface area contributed by atoms with Crippen LogP contribution in [-0.4, -0.2) is 155 Å². The number of benzene rings is 2. The number of nitrogens with two attached hydrogens (primary N) is 2. The number of nitrogens with zero attached hydrogens (tertiary/aromatic N) is 2. The lowest BCUT2D eigenvalue weighted by Crippen LogP contribution is -2.61. The molecule has 5 rings (SSSR count). The standard InChI is InChI=1S/C64H100N12O10/c1-39(2)33-47-57(79)67-45(25-15-17-29-65)55(77)73-51(35-41(5)6)63(85)76-32-20-28-54(76)62(84)72-50(38-44-23-13-10-14-24-44)60(82)70-48(34-40(3)4)58(80)68-46(26-16-18-30-66)56(78)74-52(36-42(7)8)64(86)75-31-19-27-53(75)61(83)71-49(59(81)69-47)37-43-21-11-9-12-22-43/h9-14,21-24,39-42,45-54H,15-20,25-38,65-66H2,1-8H3,(H,67,79)(H,68,80)(H,69,81)(H,70,82)(H,71,83)(H,72,84)(H,73,77)(H,74,78)/t45-,46-,47-,48-,49+,50+,51-,52-,53+,54+/m1/s1. The monoisotopic (exact) mass is 1200 g/mol. The summed E-state index contributed by atoms with van der Waals surface area (Å²) in [6.45, 7) is 16.1. The first-order valence-corrected chi connectivity index (χ1v) is 31.5. The molecule has 10 amide bonds. The van der Waals surface area contributed by atoms with Gasteiger partial charge in [-0.3, -0.25) is 47.9 Å². The molecule has 3 saturated heterocycles. The van der Waals surface area contributed by atoms with Gasteiger partial charge in [-0.25, -0.2) is 0 Å². The summed E-state index contributed by atoms with van der Waals surface area (Å²) in [5, 5.41) is 23.3. The van der Waals surface area contributed by atoms with Gasteiger partial charge in [-0.1, -0.05) is 116 Å². The number of unbranched alkanes of at least 4 members (excludes halogenated alkanes) is 2. The van der Waals surface area contributed by atoms with Crippen molar-refractivity contribution >= 4 is 59.1 Å². The van der Waals surface area contributed by atoms with Crippen LogP contribution in [0.4, 0.5) is 0 Å². The van der Waals surface area contributed by atoms with Crippen LogP contribution >= 0.6 is 0 Å². The van der Waals surface area contributed by atoms with E-state index in [1.165, 1.54) is 9.80 Å². The molecular weight excluding hydrogens is 1100 g/mol. The Hall–Kier alpha value is -6.94. The third kappa shape index (κ3) is 21.8. The van der Waals surface area contributed by atoms with Gasteiger partial charge in [0.15, 0.2) is 0 Å². The van der Waals surface area contributed by atoms with Gasteiger partial charge in [-0.15, -0.1) is 0 Å². The lowest BCUT2D eigenvalue weighted by atomic mass is 9.98. The van der Waals surface area contributed by atoms with Crippen LogP contribution in [-0.2, 0) is 60.8 Å². The average molecular weight is 1200 g/mol. The maximum absolute atomic E-state index is 14.9. The van der Waals surface area contributed by atoms with Crippen molar-refractivity contribution in [2.24, 2.45) is 35.1 Å². The number of rotatable bonds is 20. The van der Waals surface area contributed by atoms with Crippen LogP contribution in [0.15, 0.2) is 60.7 Å². The number of nitrogens with one attached hydrogen (secondary N) is 8. The second-order valence-electron chi connectivity index (χ2n) is 25.3. The molecule has 3 fully saturated rings. The van der Waals surface area contributed by atoms with Gasteiger partial charge in [0.25, 0.3) is 0 Å². The first kappa shape index (κ1) is 69.8. The Balaban J connectivity index is 1.61. The summed E-state index contributed by atoms with van der Waals surface area (Å²) in [4.78, 5) is 150. The van der Waals surface area contributed by atoms with Crippen molar-refractivity contribution in [3.8, 4) is 0 Å². The van der Waals surface area contributed by atoms with Crippen molar-refractivity contribution in [3.05, 3.63) is 71.8 Å². The van der Waals surface area contributed by atoms with Gasteiger partial charge < -0.3 is 63.8 Å². The van der Waals surface area contributed by atoms with E-state index in [2.05, 4.69) is 42.5 Å². The number of fused-ring (bicyclic) bond motifs is 2. The van der Waals surface area contributed by atoms with Crippen molar-refractivity contribution in [2.45, 2.75) is 219 Å². The van der Waals surface area contributed by atoms with E-state index in [1.54, 1.807) is 48.5 Å². The lowest BCUT2D eigenvalue weighted by molar-refractivity contribution is -0.143. The minimum Gasteiger partial charge on any atom is -0.343 e. The van der Waals surface area contributed by atoms with Gasteiger partial charge >= 0.3 is 0 Å². The first-order valence-electron chi connectivity index (χ1n) is 31.5. The highest BCUT2D eigenvalue weighted by Gasteiger charge is 2.43. The molecule has 0 aromatic heterocycles. The fourth-order valence-corrected chi connectivity index (χ4v) is 11.6. The van der Waals surface area contributed by atoms with Crippen molar-refractivity contribution in [3.63, 3.8) is 0 Å². The fourth-order valence-electron chi connectivity index (χ4n) is 11.6. The van der Waals surface area contributed by atoms with Crippen LogP contribution in [0.2, 0.25) is 0 Å². The van der Waals surface area contributed by atoms with E-state index < -0.39 is 119 Å². The van der Waals surface area contributed by atoms with E-state index in [4.69, 9.17) is 11.5 Å². The van der Waals surface area contributed by atoms with E-state index >= 15 is 0 Å². The maximum atomic E-state index is 14.9. The predicted octanol–water partition coefficient (Wildman–Crippen LogP) is 2.79. The van der Waals surface area contributed by atoms with Crippen molar-refractivity contribution in [1.82, 2.24) is 52.3 Å². The molecule has 2 aromatic carbocycles. The lowest BCUT2D eigenvalue weighted by Gasteiger charge is -2.32. The van der Waals surface area contributed by atoms with Crippen LogP contribution in [0.3, 0.4) is 0 Å². The predicted molar refractivity (Wildman–Crippen MR) is 329 cm³/mol. The molecule has 22 heteroatoms. The number of hydrogen-bond acceptors (Lipinski definition) is 12. The zero-order chi connectivity index (χ0) is 63.0. The van der Waals surface area contributed by atoms with Crippen molar-refractivity contribution < 1.29 is 47.9 Å². The zero-order valence-electron chi connectivity index (χ0n) is 52.1. The smallest absolute Gasteiger partial charge is 0.245 e. The summed E-state index contributed by atoms with van der Waals surface area (Å²) in [6, 6.07) is 6.47. The second kappa shape index (κ2) is 35.0. The highest BCUT2D eigenvalue weighted by molar-refractivity contribution is 6.00. The van der Waals surface area contributed by atoms with Gasteiger partial charge in [0, 0.05) is 25.9 Å². The normalized spacial score (nSPS) is 25.9. The Morgan fingerprint density at radius 1 is 0.372 bits per heavy atom. The maximum Gasteiger partial charge on any atom is 0.245 e.